The van der Waals surface area contributed by atoms with Crippen LogP contribution in [0.4, 0.5) is 5.69 Å². The van der Waals surface area contributed by atoms with Gasteiger partial charge in [-0.25, -0.2) is 8.42 Å². The molecule has 2 atom stereocenters. The number of nitrogens with one attached hydrogen (secondary N) is 1. The maximum absolute atomic E-state index is 13.6. The van der Waals surface area contributed by atoms with Gasteiger partial charge in [0.25, 0.3) is 5.91 Å². The highest BCUT2D eigenvalue weighted by Crippen LogP contribution is 2.37. The molecule has 2 aliphatic rings. The fraction of sp³-hybridized carbons (Fsp3) is 0.360. The molecule has 1 aliphatic heterocycles. The number of amides is 1. The fourth-order valence-electron chi connectivity index (χ4n) is 5.17. The molecule has 3 aromatic rings. The summed E-state index contributed by atoms with van der Waals surface area (Å²) < 4.78 is 28.9. The van der Waals surface area contributed by atoms with Gasteiger partial charge in [0.15, 0.2) is 0 Å². The third-order valence-corrected chi connectivity index (χ3v) is 8.71. The van der Waals surface area contributed by atoms with Gasteiger partial charge in [-0.15, -0.1) is 0 Å². The molecule has 0 spiro atoms. The van der Waals surface area contributed by atoms with Gasteiger partial charge < -0.3 is 5.32 Å². The van der Waals surface area contributed by atoms with Crippen molar-refractivity contribution >= 4 is 32.4 Å². The molecule has 2 aromatic carbocycles. The number of hydrogen-bond donors (Lipinski definition) is 1. The van der Waals surface area contributed by atoms with Crippen molar-refractivity contribution in [3.8, 4) is 0 Å². The molecule has 1 amide bonds. The predicted octanol–water partition coefficient (Wildman–Crippen LogP) is 4.83. The monoisotopic (exact) mass is 449 g/mol. The summed E-state index contributed by atoms with van der Waals surface area (Å²) in [6.07, 6.45) is 7.90. The first-order valence-electron chi connectivity index (χ1n) is 11.3. The van der Waals surface area contributed by atoms with Crippen LogP contribution in [0.25, 0.3) is 10.8 Å². The summed E-state index contributed by atoms with van der Waals surface area (Å²) in [7, 11) is -3.57. The van der Waals surface area contributed by atoms with E-state index in [9.17, 15) is 13.2 Å². The van der Waals surface area contributed by atoms with E-state index in [1.165, 1.54) is 6.42 Å². The molecular weight excluding hydrogens is 422 g/mol. The number of anilines is 1. The molecule has 2 bridgehead atoms. The molecule has 7 heteroatoms. The number of aromatic nitrogens is 1. The second-order valence-corrected chi connectivity index (χ2v) is 10.7. The quantitative estimate of drug-likeness (QED) is 0.619. The molecule has 0 radical (unpaired) electrons. The summed E-state index contributed by atoms with van der Waals surface area (Å²) in [5.74, 6) is 0.363. The molecule has 2 heterocycles. The minimum atomic E-state index is -3.57. The Hall–Kier alpha value is -2.77. The van der Waals surface area contributed by atoms with Gasteiger partial charge in [0, 0.05) is 29.9 Å². The number of carbonyl (C=O) groups excluding carboxylic acids is 1. The molecule has 5 rings (SSSR count). The highest BCUT2D eigenvalue weighted by atomic mass is 32.2. The number of rotatable bonds is 4. The Morgan fingerprint density at radius 2 is 1.88 bits per heavy atom. The van der Waals surface area contributed by atoms with E-state index in [1.54, 1.807) is 46.9 Å². The summed E-state index contributed by atoms with van der Waals surface area (Å²) in [6.45, 7) is 0.599. The topological polar surface area (TPSA) is 79.4 Å². The zero-order valence-electron chi connectivity index (χ0n) is 17.9. The van der Waals surface area contributed by atoms with Gasteiger partial charge in [0.05, 0.1) is 4.90 Å². The molecule has 2 unspecified atom stereocenters. The molecule has 1 aromatic heterocycles. The average molecular weight is 450 g/mol. The van der Waals surface area contributed by atoms with E-state index in [1.807, 2.05) is 18.2 Å². The van der Waals surface area contributed by atoms with Crippen LogP contribution in [0.15, 0.2) is 65.7 Å². The molecule has 1 saturated heterocycles. The van der Waals surface area contributed by atoms with E-state index in [0.717, 1.165) is 42.9 Å². The van der Waals surface area contributed by atoms with Gasteiger partial charge in [-0.3, -0.25) is 9.78 Å². The standard InChI is InChI=1S/C25H27N3O3S/c29-25(24-10-1-2-14-26-24)27-23-11-4-8-19-17-21(12-13-22(19)23)32(30,31)28-15-5-7-18-6-3-9-20(28)16-18/h1-2,4,8,10-14,17-18,20H,3,5-7,9,15-16H2,(H,27,29). The smallest absolute Gasteiger partial charge is 0.274 e. The maximum Gasteiger partial charge on any atom is 0.274 e. The van der Waals surface area contributed by atoms with Crippen molar-refractivity contribution in [3.05, 3.63) is 66.5 Å². The summed E-state index contributed by atoms with van der Waals surface area (Å²) in [4.78, 5) is 17.0. The summed E-state index contributed by atoms with van der Waals surface area (Å²) in [6, 6.07) is 16.0. The largest absolute Gasteiger partial charge is 0.320 e. The molecule has 1 N–H and O–H groups in total. The number of pyridine rings is 1. The lowest BCUT2D eigenvalue weighted by atomic mass is 9.84. The Labute approximate surface area is 188 Å². The van der Waals surface area contributed by atoms with Crippen LogP contribution in [0.2, 0.25) is 0 Å². The summed E-state index contributed by atoms with van der Waals surface area (Å²) >= 11 is 0. The van der Waals surface area contributed by atoms with Gasteiger partial charge in [-0.1, -0.05) is 37.1 Å². The Kier molecular flexibility index (Phi) is 5.69. The Bertz CT molecular complexity index is 1240. The van der Waals surface area contributed by atoms with Crippen LogP contribution in [-0.4, -0.2) is 36.2 Å². The molecule has 166 valence electrons. The molecule has 1 aliphatic carbocycles. The van der Waals surface area contributed by atoms with Gasteiger partial charge in [-0.05, 0) is 67.3 Å². The summed E-state index contributed by atoms with van der Waals surface area (Å²) in [5, 5.41) is 4.47. The number of carbonyl (C=O) groups is 1. The number of hydrogen-bond acceptors (Lipinski definition) is 4. The lowest BCUT2D eigenvalue weighted by Gasteiger charge is -2.33. The van der Waals surface area contributed by atoms with Crippen LogP contribution < -0.4 is 5.32 Å². The normalized spacial score (nSPS) is 21.8. The van der Waals surface area contributed by atoms with Gasteiger partial charge >= 0.3 is 0 Å². The minimum absolute atomic E-state index is 0.112. The number of nitrogens with zero attached hydrogens (tertiary/aromatic N) is 2. The van der Waals surface area contributed by atoms with E-state index >= 15 is 0 Å². The van der Waals surface area contributed by atoms with Crippen molar-refractivity contribution in [1.29, 1.82) is 0 Å². The van der Waals surface area contributed by atoms with Gasteiger partial charge in [0.2, 0.25) is 10.0 Å². The fourth-order valence-corrected chi connectivity index (χ4v) is 6.91. The highest BCUT2D eigenvalue weighted by molar-refractivity contribution is 7.89. The van der Waals surface area contributed by atoms with Crippen molar-refractivity contribution in [2.24, 2.45) is 5.92 Å². The zero-order valence-corrected chi connectivity index (χ0v) is 18.7. The highest BCUT2D eigenvalue weighted by Gasteiger charge is 2.36. The molecular formula is C25H27N3O3S. The zero-order chi connectivity index (χ0) is 22.1. The lowest BCUT2D eigenvalue weighted by Crippen LogP contribution is -2.41. The first-order valence-corrected chi connectivity index (χ1v) is 12.7. The molecule has 2 fully saturated rings. The SMILES string of the molecule is O=C(Nc1cccc2cc(S(=O)(=O)N3CCCC4CCCC3C4)ccc12)c1ccccn1. The van der Waals surface area contributed by atoms with E-state index in [0.29, 0.717) is 28.7 Å². The van der Waals surface area contributed by atoms with Gasteiger partial charge in [0.1, 0.15) is 5.69 Å². The van der Waals surface area contributed by atoms with Crippen LogP contribution in [0.3, 0.4) is 0 Å². The minimum Gasteiger partial charge on any atom is -0.320 e. The molecule has 6 nitrogen and oxygen atoms in total. The Morgan fingerprint density at radius 3 is 2.72 bits per heavy atom. The lowest BCUT2D eigenvalue weighted by molar-refractivity contribution is 0.102. The maximum atomic E-state index is 13.6. The van der Waals surface area contributed by atoms with Crippen molar-refractivity contribution in [3.63, 3.8) is 0 Å². The Balaban J connectivity index is 1.45. The molecule has 32 heavy (non-hydrogen) atoms. The van der Waals surface area contributed by atoms with Crippen LogP contribution in [0.1, 0.15) is 49.0 Å². The molecule has 1 saturated carbocycles. The number of fused-ring (bicyclic) bond motifs is 3. The van der Waals surface area contributed by atoms with Crippen LogP contribution >= 0.6 is 0 Å². The first kappa shape index (κ1) is 21.1. The summed E-state index contributed by atoms with van der Waals surface area (Å²) in [5.41, 5.74) is 0.961. The van der Waals surface area contributed by atoms with Crippen LogP contribution in [0, 0.1) is 5.92 Å². The van der Waals surface area contributed by atoms with E-state index in [-0.39, 0.29) is 11.9 Å². The Morgan fingerprint density at radius 1 is 1.00 bits per heavy atom. The van der Waals surface area contributed by atoms with E-state index in [2.05, 4.69) is 10.3 Å². The van der Waals surface area contributed by atoms with Crippen molar-refractivity contribution < 1.29 is 13.2 Å². The average Bonchev–Trinajstić information content (AvgIpc) is 2.96. The van der Waals surface area contributed by atoms with E-state index < -0.39 is 10.0 Å². The van der Waals surface area contributed by atoms with Crippen LogP contribution in [-0.2, 0) is 10.0 Å². The first-order chi connectivity index (χ1) is 15.5. The second-order valence-electron chi connectivity index (χ2n) is 8.80. The second kappa shape index (κ2) is 8.64. The van der Waals surface area contributed by atoms with Crippen molar-refractivity contribution in [1.82, 2.24) is 9.29 Å². The van der Waals surface area contributed by atoms with Crippen molar-refractivity contribution in [2.45, 2.75) is 49.5 Å². The number of benzene rings is 2. The van der Waals surface area contributed by atoms with Gasteiger partial charge in [-0.2, -0.15) is 4.31 Å². The third-order valence-electron chi connectivity index (χ3n) is 6.76. The van der Waals surface area contributed by atoms with E-state index in [4.69, 9.17) is 0 Å². The predicted molar refractivity (Wildman–Crippen MR) is 125 cm³/mol. The number of sulfonamides is 1. The van der Waals surface area contributed by atoms with Crippen molar-refractivity contribution in [2.75, 3.05) is 11.9 Å². The third kappa shape index (κ3) is 4.02. The van der Waals surface area contributed by atoms with Crippen LogP contribution in [0.5, 0.6) is 0 Å².